The Kier molecular flexibility index (Phi) is 8.32. The number of esters is 1. The number of ether oxygens (including phenoxy) is 1. The lowest BCUT2D eigenvalue weighted by molar-refractivity contribution is -0.139. The molecule has 3 heteroatoms. The van der Waals surface area contributed by atoms with Crippen LogP contribution in [-0.4, -0.2) is 12.6 Å². The van der Waals surface area contributed by atoms with Crippen LogP contribution in [0.4, 0.5) is 0 Å². The molecule has 2 atom stereocenters. The zero-order valence-corrected chi connectivity index (χ0v) is 16.1. The van der Waals surface area contributed by atoms with Gasteiger partial charge in [0.05, 0.1) is 18.6 Å². The van der Waals surface area contributed by atoms with Crippen LogP contribution in [0.15, 0.2) is 66.7 Å². The van der Waals surface area contributed by atoms with E-state index < -0.39 is 0 Å². The van der Waals surface area contributed by atoms with Crippen LogP contribution < -0.4 is 0 Å². The van der Waals surface area contributed by atoms with E-state index in [1.807, 2.05) is 67.6 Å². The molecule has 0 aromatic heterocycles. The number of carbonyl (C=O) groups excluding carboxylic acids is 1. The van der Waals surface area contributed by atoms with Crippen LogP contribution >= 0.6 is 0 Å². The minimum absolute atomic E-state index is 0.0699. The van der Waals surface area contributed by atoms with Crippen LogP contribution in [0.25, 0.3) is 5.57 Å². The molecular weight excluding hydrogens is 334 g/mol. The number of carbonyl (C=O) groups is 1. The fourth-order valence-corrected chi connectivity index (χ4v) is 3.15. The largest absolute Gasteiger partial charge is 0.462 e. The van der Waals surface area contributed by atoms with E-state index in [1.165, 1.54) is 0 Å². The number of hydrogen-bond acceptors (Lipinski definition) is 3. The molecule has 0 aliphatic carbocycles. The van der Waals surface area contributed by atoms with E-state index in [4.69, 9.17) is 4.74 Å². The Labute approximate surface area is 162 Å². The second kappa shape index (κ2) is 11.0. The predicted molar refractivity (Wildman–Crippen MR) is 109 cm³/mol. The Morgan fingerprint density at radius 1 is 1.04 bits per heavy atom. The quantitative estimate of drug-likeness (QED) is 0.430. The first-order valence-electron chi connectivity index (χ1n) is 9.58. The molecule has 2 aromatic carbocycles. The first-order chi connectivity index (χ1) is 13.2. The molecule has 2 aromatic rings. The van der Waals surface area contributed by atoms with Gasteiger partial charge in [-0.25, -0.2) is 4.79 Å². The van der Waals surface area contributed by atoms with E-state index in [0.717, 1.165) is 36.0 Å². The second-order valence-corrected chi connectivity index (χ2v) is 6.61. The minimum Gasteiger partial charge on any atom is -0.462 e. The third-order valence-corrected chi connectivity index (χ3v) is 4.73. The lowest BCUT2D eigenvalue weighted by Crippen LogP contribution is -2.20. The molecule has 0 heterocycles. The van der Waals surface area contributed by atoms with Gasteiger partial charge in [0.2, 0.25) is 0 Å². The van der Waals surface area contributed by atoms with Gasteiger partial charge in [0.15, 0.2) is 0 Å². The molecule has 0 bridgehead atoms. The van der Waals surface area contributed by atoms with Gasteiger partial charge < -0.3 is 4.74 Å². The van der Waals surface area contributed by atoms with Crippen molar-refractivity contribution >= 4 is 11.5 Å². The van der Waals surface area contributed by atoms with Gasteiger partial charge in [0.25, 0.3) is 0 Å². The highest BCUT2D eigenvalue weighted by Crippen LogP contribution is 2.24. The highest BCUT2D eigenvalue weighted by molar-refractivity contribution is 5.96. The number of nitriles is 1. The highest BCUT2D eigenvalue weighted by Gasteiger charge is 2.20. The Hall–Kier alpha value is -2.86. The van der Waals surface area contributed by atoms with Gasteiger partial charge in [-0.3, -0.25) is 0 Å². The van der Waals surface area contributed by atoms with Gasteiger partial charge in [-0.1, -0.05) is 80.9 Å². The SMILES string of the molecule is CCCC(C#N)C(CC)COC(=O)C=C(c1ccccc1)c1ccccc1. The van der Waals surface area contributed by atoms with Crippen LogP contribution in [-0.2, 0) is 9.53 Å². The minimum atomic E-state index is -0.371. The van der Waals surface area contributed by atoms with Crippen molar-refractivity contribution in [3.63, 3.8) is 0 Å². The third-order valence-electron chi connectivity index (χ3n) is 4.73. The fraction of sp³-hybridized carbons (Fsp3) is 0.333. The summed E-state index contributed by atoms with van der Waals surface area (Å²) in [7, 11) is 0. The van der Waals surface area contributed by atoms with Crippen molar-refractivity contribution in [2.45, 2.75) is 33.1 Å². The van der Waals surface area contributed by atoms with E-state index in [9.17, 15) is 10.1 Å². The summed E-state index contributed by atoms with van der Waals surface area (Å²) < 4.78 is 5.53. The average Bonchev–Trinajstić information content (AvgIpc) is 2.72. The van der Waals surface area contributed by atoms with E-state index >= 15 is 0 Å². The monoisotopic (exact) mass is 361 g/mol. The maximum Gasteiger partial charge on any atom is 0.331 e. The van der Waals surface area contributed by atoms with Crippen LogP contribution in [0.5, 0.6) is 0 Å². The maximum absolute atomic E-state index is 12.5. The lowest BCUT2D eigenvalue weighted by Gasteiger charge is -2.19. The molecule has 0 saturated heterocycles. The Balaban J connectivity index is 2.17. The standard InChI is InChI=1S/C24H27NO2/c1-3-11-22(17-25)19(4-2)18-27-24(26)16-23(20-12-7-5-8-13-20)21-14-9-6-10-15-21/h5-10,12-16,19,22H,3-4,11,18H2,1-2H3. The van der Waals surface area contributed by atoms with Crippen LogP contribution in [0.1, 0.15) is 44.2 Å². The molecular formula is C24H27NO2. The summed E-state index contributed by atoms with van der Waals surface area (Å²) in [6.07, 6.45) is 4.16. The number of benzene rings is 2. The number of hydrogen-bond donors (Lipinski definition) is 0. The first kappa shape index (κ1) is 20.5. The maximum atomic E-state index is 12.5. The van der Waals surface area contributed by atoms with Gasteiger partial charge >= 0.3 is 5.97 Å². The van der Waals surface area contributed by atoms with Gasteiger partial charge in [-0.15, -0.1) is 0 Å². The molecule has 0 spiro atoms. The van der Waals surface area contributed by atoms with Crippen molar-refractivity contribution in [1.82, 2.24) is 0 Å². The normalized spacial score (nSPS) is 12.5. The molecule has 0 fully saturated rings. The van der Waals surface area contributed by atoms with Gasteiger partial charge in [-0.05, 0) is 29.5 Å². The molecule has 140 valence electrons. The topological polar surface area (TPSA) is 50.1 Å². The number of rotatable bonds is 9. The van der Waals surface area contributed by atoms with Crippen molar-refractivity contribution in [3.8, 4) is 6.07 Å². The fourth-order valence-electron chi connectivity index (χ4n) is 3.15. The zero-order valence-electron chi connectivity index (χ0n) is 16.1. The summed E-state index contributed by atoms with van der Waals surface area (Å²) in [6, 6.07) is 22.0. The second-order valence-electron chi connectivity index (χ2n) is 6.61. The highest BCUT2D eigenvalue weighted by atomic mass is 16.5. The van der Waals surface area contributed by atoms with Gasteiger partial charge in [0, 0.05) is 12.0 Å². The van der Waals surface area contributed by atoms with E-state index in [2.05, 4.69) is 13.0 Å². The predicted octanol–water partition coefficient (Wildman–Crippen LogP) is 5.63. The first-order valence-corrected chi connectivity index (χ1v) is 9.58. The Morgan fingerprint density at radius 3 is 2.04 bits per heavy atom. The molecule has 0 N–H and O–H groups in total. The molecule has 27 heavy (non-hydrogen) atoms. The molecule has 2 unspecified atom stereocenters. The molecule has 0 saturated carbocycles. The molecule has 0 aliphatic heterocycles. The zero-order chi connectivity index (χ0) is 19.5. The van der Waals surface area contributed by atoms with E-state index in [0.29, 0.717) is 0 Å². The van der Waals surface area contributed by atoms with Crippen LogP contribution in [0.2, 0.25) is 0 Å². The Morgan fingerprint density at radius 2 is 1.59 bits per heavy atom. The van der Waals surface area contributed by atoms with Crippen molar-refractivity contribution < 1.29 is 9.53 Å². The van der Waals surface area contributed by atoms with E-state index in [-0.39, 0.29) is 24.4 Å². The van der Waals surface area contributed by atoms with Crippen LogP contribution in [0.3, 0.4) is 0 Å². The summed E-state index contributed by atoms with van der Waals surface area (Å²) in [5.41, 5.74) is 2.77. The summed E-state index contributed by atoms with van der Waals surface area (Å²) in [6.45, 7) is 4.38. The average molecular weight is 361 g/mol. The van der Waals surface area contributed by atoms with E-state index in [1.54, 1.807) is 6.08 Å². The van der Waals surface area contributed by atoms with Crippen molar-refractivity contribution in [2.24, 2.45) is 11.8 Å². The lowest BCUT2D eigenvalue weighted by atomic mass is 9.88. The summed E-state index contributed by atoms with van der Waals surface area (Å²) >= 11 is 0. The van der Waals surface area contributed by atoms with Gasteiger partial charge in [0.1, 0.15) is 0 Å². The molecule has 0 aliphatic rings. The smallest absolute Gasteiger partial charge is 0.331 e. The summed E-state index contributed by atoms with van der Waals surface area (Å²) in [5, 5.41) is 9.36. The molecule has 3 nitrogen and oxygen atoms in total. The van der Waals surface area contributed by atoms with Crippen molar-refractivity contribution in [3.05, 3.63) is 77.9 Å². The molecule has 0 radical (unpaired) electrons. The molecule has 2 rings (SSSR count). The number of nitrogens with zero attached hydrogens (tertiary/aromatic N) is 1. The summed E-state index contributed by atoms with van der Waals surface area (Å²) in [5.74, 6) is -0.368. The van der Waals surface area contributed by atoms with Crippen molar-refractivity contribution in [2.75, 3.05) is 6.61 Å². The van der Waals surface area contributed by atoms with Crippen LogP contribution in [0, 0.1) is 23.2 Å². The van der Waals surface area contributed by atoms with Gasteiger partial charge in [-0.2, -0.15) is 5.26 Å². The molecule has 0 amide bonds. The summed E-state index contributed by atoms with van der Waals surface area (Å²) in [4.78, 5) is 12.5. The van der Waals surface area contributed by atoms with Crippen molar-refractivity contribution in [1.29, 1.82) is 5.26 Å². The third kappa shape index (κ3) is 6.11. The Bertz CT molecular complexity index is 734.